The van der Waals surface area contributed by atoms with E-state index in [2.05, 4.69) is 56.9 Å². The quantitative estimate of drug-likeness (QED) is 0.362. The minimum atomic E-state index is -0.326. The van der Waals surface area contributed by atoms with Crippen molar-refractivity contribution < 1.29 is 4.74 Å². The summed E-state index contributed by atoms with van der Waals surface area (Å²) >= 11 is 4.84. The fraction of sp³-hybridized carbons (Fsp3) is 0.818. The second-order valence-electron chi connectivity index (χ2n) is 9.72. The Morgan fingerprint density at radius 2 is 1.96 bits per heavy atom. The van der Waals surface area contributed by atoms with E-state index in [-0.39, 0.29) is 22.7 Å². The summed E-state index contributed by atoms with van der Waals surface area (Å²) in [6.45, 7) is 10.9. The maximum atomic E-state index is 9.85. The van der Waals surface area contributed by atoms with Gasteiger partial charge in [-0.05, 0) is 103 Å². The van der Waals surface area contributed by atoms with E-state index in [1.54, 1.807) is 0 Å². The van der Waals surface area contributed by atoms with Crippen molar-refractivity contribution in [1.82, 2.24) is 0 Å². The first-order valence-electron chi connectivity index (χ1n) is 10.0. The Labute approximate surface area is 163 Å². The number of allylic oxidation sites excluding steroid dienone is 2. The van der Waals surface area contributed by atoms with E-state index in [0.717, 1.165) is 38.5 Å². The van der Waals surface area contributed by atoms with Crippen LogP contribution in [0, 0.1) is 34.5 Å². The van der Waals surface area contributed by atoms with Crippen molar-refractivity contribution in [1.29, 1.82) is 5.26 Å². The summed E-state index contributed by atoms with van der Waals surface area (Å²) < 4.78 is 6.70. The molecule has 1 heterocycles. The highest BCUT2D eigenvalue weighted by Crippen LogP contribution is 2.57. The van der Waals surface area contributed by atoms with Crippen molar-refractivity contribution in [2.45, 2.75) is 90.4 Å². The van der Waals surface area contributed by atoms with Gasteiger partial charge in [0, 0.05) is 0 Å². The maximum absolute atomic E-state index is 9.85. The lowest BCUT2D eigenvalue weighted by atomic mass is 9.53. The van der Waals surface area contributed by atoms with Crippen LogP contribution in [-0.4, -0.2) is 22.4 Å². The molecular weight excluding hydrogens is 340 g/mol. The SMILES string of the molecule is CC1=C[C@H]2[C@H]([C@@]3(C)CC[C@@H](C(C)(C)N=C=S)O3)CC[C@@](C)(C#N)[C@@H]2CC1. The number of fused-ring (bicyclic) bond motifs is 1. The molecule has 6 atom stereocenters. The molecule has 2 fully saturated rings. The molecule has 1 aliphatic heterocycles. The van der Waals surface area contributed by atoms with Crippen LogP contribution in [0.2, 0.25) is 0 Å². The molecule has 3 nitrogen and oxygen atoms in total. The molecule has 1 saturated heterocycles. The van der Waals surface area contributed by atoms with Crippen molar-refractivity contribution in [2.24, 2.45) is 28.2 Å². The standard InChI is InChI=1S/C22H32N2OS/c1-15-6-7-17-16(12-15)18(8-10-21(17,4)13-23)22(5)11-9-19(25-22)20(2,3)24-14-26/h12,16-19H,6-11H2,1-5H3/t16-,17-,18-,19+,21+,22-/m1/s1. The van der Waals surface area contributed by atoms with Gasteiger partial charge >= 0.3 is 0 Å². The van der Waals surface area contributed by atoms with Crippen molar-refractivity contribution in [2.75, 3.05) is 0 Å². The third kappa shape index (κ3) is 3.31. The van der Waals surface area contributed by atoms with Crippen molar-refractivity contribution in [3.63, 3.8) is 0 Å². The van der Waals surface area contributed by atoms with Crippen LogP contribution < -0.4 is 0 Å². The number of hydrogen-bond donors (Lipinski definition) is 0. The Morgan fingerprint density at radius 1 is 1.23 bits per heavy atom. The van der Waals surface area contributed by atoms with Crippen molar-refractivity contribution in [3.8, 4) is 6.07 Å². The van der Waals surface area contributed by atoms with Gasteiger partial charge in [0.1, 0.15) is 0 Å². The number of nitriles is 1. The van der Waals surface area contributed by atoms with E-state index >= 15 is 0 Å². The predicted molar refractivity (Wildman–Crippen MR) is 108 cm³/mol. The van der Waals surface area contributed by atoms with Crippen LogP contribution in [0.4, 0.5) is 0 Å². The first-order valence-corrected chi connectivity index (χ1v) is 10.4. The fourth-order valence-corrected chi connectivity index (χ4v) is 5.98. The second kappa shape index (κ2) is 6.86. The molecule has 0 aromatic rings. The normalized spacial score (nSPS) is 43.0. The van der Waals surface area contributed by atoms with Gasteiger partial charge in [-0.25, -0.2) is 4.99 Å². The number of isothiocyanates is 1. The molecule has 3 aliphatic rings. The molecule has 0 radical (unpaired) electrons. The second-order valence-corrected chi connectivity index (χ2v) is 9.91. The Bertz CT molecular complexity index is 687. The van der Waals surface area contributed by atoms with E-state index in [0.29, 0.717) is 17.8 Å². The predicted octanol–water partition coefficient (Wildman–Crippen LogP) is 5.72. The monoisotopic (exact) mass is 372 g/mol. The molecule has 3 rings (SSSR count). The van der Waals surface area contributed by atoms with Gasteiger partial charge in [0.05, 0.1) is 33.9 Å². The third-order valence-corrected chi connectivity index (χ3v) is 7.62. The molecule has 0 bridgehead atoms. The maximum Gasteiger partial charge on any atom is 0.0915 e. The summed E-state index contributed by atoms with van der Waals surface area (Å²) in [7, 11) is 0. The summed E-state index contributed by atoms with van der Waals surface area (Å²) in [6.07, 6.45) is 8.92. The van der Waals surface area contributed by atoms with Gasteiger partial charge in [-0.1, -0.05) is 11.6 Å². The summed E-state index contributed by atoms with van der Waals surface area (Å²) in [5.74, 6) is 1.37. The highest BCUT2D eigenvalue weighted by Gasteiger charge is 2.55. The molecule has 0 aromatic heterocycles. The molecule has 0 aromatic carbocycles. The lowest BCUT2D eigenvalue weighted by Crippen LogP contribution is -2.50. The molecule has 1 saturated carbocycles. The molecule has 4 heteroatoms. The Morgan fingerprint density at radius 3 is 2.62 bits per heavy atom. The van der Waals surface area contributed by atoms with Crippen LogP contribution in [0.1, 0.15) is 73.1 Å². The van der Waals surface area contributed by atoms with Gasteiger partial charge in [0.15, 0.2) is 0 Å². The smallest absolute Gasteiger partial charge is 0.0915 e. The molecule has 0 amide bonds. The Hall–Kier alpha value is -1.01. The third-order valence-electron chi connectivity index (χ3n) is 7.52. The number of nitrogens with zero attached hydrogens (tertiary/aromatic N) is 2. The van der Waals surface area contributed by atoms with E-state index < -0.39 is 0 Å². The van der Waals surface area contributed by atoms with Gasteiger partial charge in [0.2, 0.25) is 0 Å². The van der Waals surface area contributed by atoms with Gasteiger partial charge in [-0.2, -0.15) is 5.26 Å². The zero-order valence-electron chi connectivity index (χ0n) is 16.8. The summed E-state index contributed by atoms with van der Waals surface area (Å²) in [6, 6.07) is 2.66. The lowest BCUT2D eigenvalue weighted by molar-refractivity contribution is -0.121. The molecule has 142 valence electrons. The number of hydrogen-bond acceptors (Lipinski definition) is 4. The lowest BCUT2D eigenvalue weighted by Gasteiger charge is -2.52. The average Bonchev–Trinajstić information content (AvgIpc) is 2.99. The first-order chi connectivity index (χ1) is 12.1. The van der Waals surface area contributed by atoms with E-state index in [4.69, 9.17) is 17.0 Å². The molecule has 26 heavy (non-hydrogen) atoms. The minimum Gasteiger partial charge on any atom is -0.369 e. The molecular formula is C22H32N2OS. The zero-order chi connectivity index (χ0) is 19.2. The number of thiocarbonyl (C=S) groups is 1. The van der Waals surface area contributed by atoms with Gasteiger partial charge in [-0.15, -0.1) is 0 Å². The molecule has 2 aliphatic carbocycles. The zero-order valence-corrected chi connectivity index (χ0v) is 17.7. The van der Waals surface area contributed by atoms with Gasteiger partial charge < -0.3 is 4.74 Å². The van der Waals surface area contributed by atoms with E-state index in [1.807, 2.05) is 0 Å². The summed E-state index contributed by atoms with van der Waals surface area (Å²) in [4.78, 5) is 4.36. The highest BCUT2D eigenvalue weighted by molar-refractivity contribution is 7.78. The topological polar surface area (TPSA) is 45.4 Å². The largest absolute Gasteiger partial charge is 0.369 e. The van der Waals surface area contributed by atoms with Crippen LogP contribution >= 0.6 is 12.2 Å². The van der Waals surface area contributed by atoms with Crippen molar-refractivity contribution >= 4 is 17.4 Å². The highest BCUT2D eigenvalue weighted by atomic mass is 32.1. The minimum absolute atomic E-state index is 0.0827. The summed E-state index contributed by atoms with van der Waals surface area (Å²) in [5, 5.41) is 12.4. The number of ether oxygens (including phenoxy) is 1. The Kier molecular flexibility index (Phi) is 5.21. The van der Waals surface area contributed by atoms with Crippen LogP contribution in [0.15, 0.2) is 16.6 Å². The van der Waals surface area contributed by atoms with Crippen LogP contribution in [0.5, 0.6) is 0 Å². The molecule has 0 spiro atoms. The molecule has 0 N–H and O–H groups in total. The Balaban J connectivity index is 1.88. The van der Waals surface area contributed by atoms with Crippen LogP contribution in [0.25, 0.3) is 0 Å². The summed E-state index contributed by atoms with van der Waals surface area (Å²) in [5.41, 5.74) is 0.801. The average molecular weight is 373 g/mol. The van der Waals surface area contributed by atoms with Gasteiger partial charge in [-0.3, -0.25) is 0 Å². The molecule has 0 unspecified atom stereocenters. The van der Waals surface area contributed by atoms with Crippen LogP contribution in [-0.2, 0) is 4.74 Å². The number of aliphatic imine (C=N–C) groups is 1. The fourth-order valence-electron chi connectivity index (χ4n) is 5.75. The van der Waals surface area contributed by atoms with Gasteiger partial charge in [0.25, 0.3) is 0 Å². The van der Waals surface area contributed by atoms with Crippen molar-refractivity contribution in [3.05, 3.63) is 11.6 Å². The van der Waals surface area contributed by atoms with E-state index in [9.17, 15) is 5.26 Å². The van der Waals surface area contributed by atoms with Crippen LogP contribution in [0.3, 0.4) is 0 Å². The first kappa shape index (κ1) is 19.7. The number of rotatable bonds is 3. The van der Waals surface area contributed by atoms with E-state index in [1.165, 1.54) is 5.57 Å².